The minimum Gasteiger partial charge on any atom is -0.287 e. The molecule has 0 spiro atoms. The number of hydrogen-bond donors (Lipinski definition) is 1. The van der Waals surface area contributed by atoms with Crippen molar-refractivity contribution in [2.75, 3.05) is 6.54 Å². The van der Waals surface area contributed by atoms with Gasteiger partial charge in [-0.25, -0.2) is 4.39 Å². The number of rotatable bonds is 3. The standard InChI is InChI=1S/C11H8BrFN2/c1-2-5-15-11(7-14)8-3-4-9(12)10(13)6-8/h1,3-4,6,11,15H,5H2. The molecule has 76 valence electrons. The van der Waals surface area contributed by atoms with Gasteiger partial charge in [0.25, 0.3) is 0 Å². The lowest BCUT2D eigenvalue weighted by molar-refractivity contribution is 0.611. The number of halogens is 2. The molecule has 0 aromatic heterocycles. The van der Waals surface area contributed by atoms with E-state index in [4.69, 9.17) is 11.7 Å². The molecule has 1 unspecified atom stereocenters. The summed E-state index contributed by atoms with van der Waals surface area (Å²) in [5.74, 6) is 1.97. The summed E-state index contributed by atoms with van der Waals surface area (Å²) in [6, 6.07) is 5.97. The Morgan fingerprint density at radius 3 is 2.87 bits per heavy atom. The van der Waals surface area contributed by atoms with Crippen molar-refractivity contribution in [2.45, 2.75) is 6.04 Å². The van der Waals surface area contributed by atoms with E-state index in [1.807, 2.05) is 6.07 Å². The van der Waals surface area contributed by atoms with Crippen LogP contribution in [0.3, 0.4) is 0 Å². The number of nitrogens with one attached hydrogen (secondary N) is 1. The molecule has 0 saturated carbocycles. The third-order valence-electron chi connectivity index (χ3n) is 1.81. The highest BCUT2D eigenvalue weighted by Gasteiger charge is 2.10. The molecule has 1 N–H and O–H groups in total. The van der Waals surface area contributed by atoms with Crippen LogP contribution >= 0.6 is 15.9 Å². The minimum absolute atomic E-state index is 0.274. The Kier molecular flexibility index (Phi) is 4.30. The van der Waals surface area contributed by atoms with Crippen LogP contribution < -0.4 is 5.32 Å². The molecular weight excluding hydrogens is 259 g/mol. The zero-order valence-electron chi connectivity index (χ0n) is 7.80. The van der Waals surface area contributed by atoms with Crippen molar-refractivity contribution in [3.63, 3.8) is 0 Å². The van der Waals surface area contributed by atoms with Crippen LogP contribution in [-0.4, -0.2) is 6.54 Å². The van der Waals surface area contributed by atoms with Gasteiger partial charge in [0.1, 0.15) is 11.9 Å². The van der Waals surface area contributed by atoms with Gasteiger partial charge in [0, 0.05) is 0 Å². The van der Waals surface area contributed by atoms with Crippen molar-refractivity contribution in [3.8, 4) is 18.4 Å². The summed E-state index contributed by atoms with van der Waals surface area (Å²) in [4.78, 5) is 0. The first kappa shape index (κ1) is 11.7. The Labute approximate surface area is 96.2 Å². The van der Waals surface area contributed by atoms with E-state index >= 15 is 0 Å². The molecule has 0 bridgehead atoms. The Morgan fingerprint density at radius 1 is 1.60 bits per heavy atom. The maximum Gasteiger partial charge on any atom is 0.137 e. The van der Waals surface area contributed by atoms with E-state index in [9.17, 15) is 4.39 Å². The molecule has 0 aliphatic heterocycles. The van der Waals surface area contributed by atoms with Crippen molar-refractivity contribution >= 4 is 15.9 Å². The fourth-order valence-corrected chi connectivity index (χ4v) is 1.34. The summed E-state index contributed by atoms with van der Waals surface area (Å²) in [6.07, 6.45) is 5.06. The summed E-state index contributed by atoms with van der Waals surface area (Å²) in [5, 5.41) is 11.7. The van der Waals surface area contributed by atoms with Gasteiger partial charge in [0.15, 0.2) is 0 Å². The van der Waals surface area contributed by atoms with Crippen LogP contribution in [0.15, 0.2) is 22.7 Å². The molecule has 0 heterocycles. The van der Waals surface area contributed by atoms with E-state index < -0.39 is 11.9 Å². The second-order valence-corrected chi connectivity index (χ2v) is 3.68. The fraction of sp³-hybridized carbons (Fsp3) is 0.182. The first-order valence-electron chi connectivity index (χ1n) is 4.20. The first-order chi connectivity index (χ1) is 7.19. The third-order valence-corrected chi connectivity index (χ3v) is 2.46. The highest BCUT2D eigenvalue weighted by Crippen LogP contribution is 2.20. The Bertz CT molecular complexity index is 431. The predicted octanol–water partition coefficient (Wildman–Crippen LogP) is 2.38. The van der Waals surface area contributed by atoms with Crippen LogP contribution in [-0.2, 0) is 0 Å². The Balaban J connectivity index is 2.89. The second-order valence-electron chi connectivity index (χ2n) is 2.82. The van der Waals surface area contributed by atoms with Gasteiger partial charge in [-0.2, -0.15) is 5.26 Å². The smallest absolute Gasteiger partial charge is 0.137 e. The average Bonchev–Trinajstić information content (AvgIpc) is 2.24. The molecule has 1 rings (SSSR count). The number of benzene rings is 1. The highest BCUT2D eigenvalue weighted by atomic mass is 79.9. The van der Waals surface area contributed by atoms with Crippen molar-refractivity contribution in [2.24, 2.45) is 0 Å². The molecule has 4 heteroatoms. The average molecular weight is 267 g/mol. The molecule has 1 atom stereocenters. The van der Waals surface area contributed by atoms with Gasteiger partial charge in [-0.15, -0.1) is 6.42 Å². The van der Waals surface area contributed by atoms with Crippen LogP contribution in [0.5, 0.6) is 0 Å². The number of nitriles is 1. The molecule has 0 amide bonds. The van der Waals surface area contributed by atoms with Crippen molar-refractivity contribution < 1.29 is 4.39 Å². The first-order valence-corrected chi connectivity index (χ1v) is 4.99. The largest absolute Gasteiger partial charge is 0.287 e. The SMILES string of the molecule is C#CCNC(C#N)c1ccc(Br)c(F)c1. The van der Waals surface area contributed by atoms with E-state index in [1.54, 1.807) is 12.1 Å². The minimum atomic E-state index is -0.580. The molecule has 1 aromatic rings. The summed E-state index contributed by atoms with van der Waals surface area (Å²) in [5.41, 5.74) is 0.563. The van der Waals surface area contributed by atoms with Crippen LogP contribution in [0.2, 0.25) is 0 Å². The van der Waals surface area contributed by atoms with Crippen LogP contribution in [0.4, 0.5) is 4.39 Å². The van der Waals surface area contributed by atoms with E-state index in [2.05, 4.69) is 27.2 Å². The van der Waals surface area contributed by atoms with Gasteiger partial charge < -0.3 is 0 Å². The maximum absolute atomic E-state index is 13.2. The number of hydrogen-bond acceptors (Lipinski definition) is 2. The zero-order chi connectivity index (χ0) is 11.3. The van der Waals surface area contributed by atoms with E-state index in [-0.39, 0.29) is 6.54 Å². The fourth-order valence-electron chi connectivity index (χ4n) is 1.09. The van der Waals surface area contributed by atoms with Gasteiger partial charge >= 0.3 is 0 Å². The van der Waals surface area contributed by atoms with Gasteiger partial charge in [0.2, 0.25) is 0 Å². The number of nitrogens with zero attached hydrogens (tertiary/aromatic N) is 1. The third kappa shape index (κ3) is 3.06. The molecule has 0 aliphatic carbocycles. The Morgan fingerprint density at radius 2 is 2.33 bits per heavy atom. The molecule has 0 aliphatic rings. The molecule has 0 fully saturated rings. The summed E-state index contributed by atoms with van der Waals surface area (Å²) in [6.45, 7) is 0.274. The van der Waals surface area contributed by atoms with E-state index in [0.717, 1.165) is 0 Å². The number of terminal acetylenes is 1. The van der Waals surface area contributed by atoms with Gasteiger partial charge in [-0.05, 0) is 33.6 Å². The molecule has 1 aromatic carbocycles. The molecular formula is C11H8BrFN2. The lowest BCUT2D eigenvalue weighted by Crippen LogP contribution is -2.20. The van der Waals surface area contributed by atoms with Gasteiger partial charge in [0.05, 0.1) is 17.1 Å². The second kappa shape index (κ2) is 5.50. The predicted molar refractivity (Wildman–Crippen MR) is 59.3 cm³/mol. The maximum atomic E-state index is 13.2. The van der Waals surface area contributed by atoms with Crippen molar-refractivity contribution in [1.82, 2.24) is 5.32 Å². The van der Waals surface area contributed by atoms with E-state index in [0.29, 0.717) is 10.0 Å². The zero-order valence-corrected chi connectivity index (χ0v) is 9.38. The van der Waals surface area contributed by atoms with Gasteiger partial charge in [-0.1, -0.05) is 12.0 Å². The molecule has 0 radical (unpaired) electrons. The summed E-state index contributed by atoms with van der Waals surface area (Å²) < 4.78 is 13.5. The topological polar surface area (TPSA) is 35.8 Å². The summed E-state index contributed by atoms with van der Waals surface area (Å²) >= 11 is 3.04. The van der Waals surface area contributed by atoms with E-state index in [1.165, 1.54) is 6.07 Å². The summed E-state index contributed by atoms with van der Waals surface area (Å²) in [7, 11) is 0. The van der Waals surface area contributed by atoms with Crippen molar-refractivity contribution in [3.05, 3.63) is 34.1 Å². The lowest BCUT2D eigenvalue weighted by Gasteiger charge is -2.09. The monoisotopic (exact) mass is 266 g/mol. The Hall–Kier alpha value is -1.36. The van der Waals surface area contributed by atoms with Crippen molar-refractivity contribution in [1.29, 1.82) is 5.26 Å². The lowest BCUT2D eigenvalue weighted by atomic mass is 10.1. The normalized spacial score (nSPS) is 11.5. The molecule has 2 nitrogen and oxygen atoms in total. The quantitative estimate of drug-likeness (QED) is 0.853. The highest BCUT2D eigenvalue weighted by molar-refractivity contribution is 9.10. The van der Waals surface area contributed by atoms with Crippen LogP contribution in [0.25, 0.3) is 0 Å². The van der Waals surface area contributed by atoms with Crippen LogP contribution in [0, 0.1) is 29.5 Å². The molecule has 15 heavy (non-hydrogen) atoms. The van der Waals surface area contributed by atoms with Crippen LogP contribution in [0.1, 0.15) is 11.6 Å². The van der Waals surface area contributed by atoms with Gasteiger partial charge in [-0.3, -0.25) is 5.32 Å². The molecule has 0 saturated heterocycles.